The van der Waals surface area contributed by atoms with Crippen molar-refractivity contribution in [3.63, 3.8) is 0 Å². The Morgan fingerprint density at radius 2 is 1.90 bits per heavy atom. The third kappa shape index (κ3) is 1.93. The van der Waals surface area contributed by atoms with Crippen LogP contribution >= 0.6 is 15.9 Å². The van der Waals surface area contributed by atoms with Gasteiger partial charge >= 0.3 is 0 Å². The van der Waals surface area contributed by atoms with E-state index in [1.807, 2.05) is 24.3 Å². The molecule has 3 nitrogen and oxygen atoms in total. The number of hydrogen-bond donors (Lipinski definition) is 1. The van der Waals surface area contributed by atoms with Gasteiger partial charge in [0.2, 0.25) is 0 Å². The molecular formula is C16H9BrN2O. The predicted octanol–water partition coefficient (Wildman–Crippen LogP) is 4.03. The molecule has 3 rings (SSSR count). The normalized spacial score (nSPS) is 10.4. The topological polar surface area (TPSA) is 56.6 Å². The number of benzene rings is 2. The minimum Gasteiger partial charge on any atom is -0.360 e. The van der Waals surface area contributed by atoms with Crippen LogP contribution in [0.4, 0.5) is 0 Å². The number of rotatable bonds is 2. The van der Waals surface area contributed by atoms with Crippen molar-refractivity contribution in [2.75, 3.05) is 0 Å². The number of fused-ring (bicyclic) bond motifs is 1. The molecule has 0 aliphatic carbocycles. The molecule has 20 heavy (non-hydrogen) atoms. The molecular weight excluding hydrogens is 316 g/mol. The van der Waals surface area contributed by atoms with Crippen molar-refractivity contribution < 1.29 is 4.79 Å². The summed E-state index contributed by atoms with van der Waals surface area (Å²) in [6, 6.07) is 14.8. The zero-order valence-electron chi connectivity index (χ0n) is 10.4. The number of aromatic nitrogens is 1. The molecule has 3 aromatic rings. The number of halogens is 1. The zero-order valence-corrected chi connectivity index (χ0v) is 11.9. The lowest BCUT2D eigenvalue weighted by molar-refractivity contribution is 0.103. The molecule has 0 saturated carbocycles. The fraction of sp³-hybridized carbons (Fsp3) is 0. The molecule has 1 heterocycles. The van der Waals surface area contributed by atoms with Gasteiger partial charge in [0.05, 0.1) is 11.6 Å². The first-order chi connectivity index (χ1) is 9.72. The van der Waals surface area contributed by atoms with Gasteiger partial charge in [0, 0.05) is 32.7 Å². The molecule has 0 unspecified atom stereocenters. The molecule has 2 aromatic carbocycles. The predicted molar refractivity (Wildman–Crippen MR) is 80.6 cm³/mol. The summed E-state index contributed by atoms with van der Waals surface area (Å²) in [5.41, 5.74) is 2.39. The van der Waals surface area contributed by atoms with E-state index in [9.17, 15) is 10.1 Å². The Hall–Kier alpha value is -2.38. The minimum atomic E-state index is -0.105. The summed E-state index contributed by atoms with van der Waals surface area (Å²) in [7, 11) is 0. The lowest BCUT2D eigenvalue weighted by Crippen LogP contribution is -2.01. The second kappa shape index (κ2) is 4.95. The van der Waals surface area contributed by atoms with Gasteiger partial charge in [0.15, 0.2) is 5.78 Å². The summed E-state index contributed by atoms with van der Waals surface area (Å²) < 4.78 is 0.744. The third-order valence-electron chi connectivity index (χ3n) is 3.19. The molecule has 0 spiro atoms. The summed E-state index contributed by atoms with van der Waals surface area (Å²) in [5.74, 6) is -0.105. The highest BCUT2D eigenvalue weighted by Crippen LogP contribution is 2.27. The highest BCUT2D eigenvalue weighted by atomic mass is 79.9. The number of nitrogens with one attached hydrogen (secondary N) is 1. The van der Waals surface area contributed by atoms with E-state index in [-0.39, 0.29) is 5.78 Å². The van der Waals surface area contributed by atoms with E-state index in [0.29, 0.717) is 22.1 Å². The van der Waals surface area contributed by atoms with Crippen LogP contribution in [0.1, 0.15) is 21.5 Å². The van der Waals surface area contributed by atoms with Crippen LogP contribution in [0, 0.1) is 11.3 Å². The van der Waals surface area contributed by atoms with Crippen molar-refractivity contribution in [1.29, 1.82) is 5.26 Å². The highest BCUT2D eigenvalue weighted by molar-refractivity contribution is 9.10. The number of H-pyrrole nitrogens is 1. The van der Waals surface area contributed by atoms with Crippen LogP contribution < -0.4 is 0 Å². The summed E-state index contributed by atoms with van der Waals surface area (Å²) in [6.07, 6.45) is 1.66. The summed E-state index contributed by atoms with van der Waals surface area (Å²) >= 11 is 3.39. The summed E-state index contributed by atoms with van der Waals surface area (Å²) in [4.78, 5) is 15.7. The van der Waals surface area contributed by atoms with Crippen molar-refractivity contribution in [2.45, 2.75) is 0 Å². The Labute approximate surface area is 124 Å². The summed E-state index contributed by atoms with van der Waals surface area (Å²) in [5, 5.41) is 9.88. The van der Waals surface area contributed by atoms with Crippen molar-refractivity contribution in [2.24, 2.45) is 0 Å². The van der Waals surface area contributed by atoms with E-state index in [1.54, 1.807) is 24.4 Å². The second-order valence-electron chi connectivity index (χ2n) is 4.35. The smallest absolute Gasteiger partial charge is 0.196 e. The van der Waals surface area contributed by atoms with Gasteiger partial charge < -0.3 is 4.98 Å². The average molecular weight is 325 g/mol. The van der Waals surface area contributed by atoms with E-state index in [0.717, 1.165) is 9.99 Å². The van der Waals surface area contributed by atoms with Gasteiger partial charge in [-0.3, -0.25) is 4.79 Å². The second-order valence-corrected chi connectivity index (χ2v) is 5.21. The van der Waals surface area contributed by atoms with Gasteiger partial charge in [-0.1, -0.05) is 34.1 Å². The molecule has 1 aromatic heterocycles. The molecule has 0 atom stereocenters. The van der Waals surface area contributed by atoms with Crippen molar-refractivity contribution in [3.8, 4) is 6.07 Å². The first-order valence-electron chi connectivity index (χ1n) is 6.02. The van der Waals surface area contributed by atoms with Gasteiger partial charge in [0.25, 0.3) is 0 Å². The molecule has 0 aliphatic heterocycles. The Morgan fingerprint density at radius 3 is 2.65 bits per heavy atom. The quantitative estimate of drug-likeness (QED) is 0.723. The Kier molecular flexibility index (Phi) is 3.13. The molecule has 1 N–H and O–H groups in total. The lowest BCUT2D eigenvalue weighted by Gasteiger charge is -2.03. The van der Waals surface area contributed by atoms with Crippen LogP contribution in [-0.2, 0) is 0 Å². The maximum Gasteiger partial charge on any atom is 0.196 e. The van der Waals surface area contributed by atoms with E-state index >= 15 is 0 Å². The largest absolute Gasteiger partial charge is 0.360 e. The fourth-order valence-corrected chi connectivity index (χ4v) is 2.71. The van der Waals surface area contributed by atoms with Crippen LogP contribution in [0.3, 0.4) is 0 Å². The molecule has 96 valence electrons. The molecule has 4 heteroatoms. The van der Waals surface area contributed by atoms with Gasteiger partial charge in [-0.05, 0) is 24.3 Å². The van der Waals surface area contributed by atoms with Gasteiger partial charge in [-0.25, -0.2) is 0 Å². The Morgan fingerprint density at radius 1 is 1.10 bits per heavy atom. The Bertz CT molecular complexity index is 858. The first kappa shape index (κ1) is 12.6. The van der Waals surface area contributed by atoms with Gasteiger partial charge in [0.1, 0.15) is 0 Å². The summed E-state index contributed by atoms with van der Waals surface area (Å²) in [6.45, 7) is 0. The number of carbonyl (C=O) groups is 1. The number of nitriles is 1. The van der Waals surface area contributed by atoms with Crippen LogP contribution in [-0.4, -0.2) is 10.8 Å². The number of carbonyl (C=O) groups excluding carboxylic acids is 1. The van der Waals surface area contributed by atoms with E-state index in [1.165, 1.54) is 0 Å². The molecule has 0 fully saturated rings. The van der Waals surface area contributed by atoms with Crippen LogP contribution in [0.5, 0.6) is 0 Å². The monoisotopic (exact) mass is 324 g/mol. The van der Waals surface area contributed by atoms with Crippen molar-refractivity contribution in [3.05, 3.63) is 69.8 Å². The highest BCUT2D eigenvalue weighted by Gasteiger charge is 2.18. The van der Waals surface area contributed by atoms with Crippen LogP contribution in [0.15, 0.2) is 53.1 Å². The molecule has 0 amide bonds. The zero-order chi connectivity index (χ0) is 14.1. The van der Waals surface area contributed by atoms with E-state index in [2.05, 4.69) is 27.0 Å². The van der Waals surface area contributed by atoms with E-state index in [4.69, 9.17) is 0 Å². The first-order valence-corrected chi connectivity index (χ1v) is 6.81. The number of nitrogens with zero attached hydrogens (tertiary/aromatic N) is 1. The third-order valence-corrected chi connectivity index (χ3v) is 3.88. The van der Waals surface area contributed by atoms with E-state index < -0.39 is 0 Å². The standard InChI is InChI=1S/C16H9BrN2O/c17-13-6-2-1-5-11(13)16(20)12-9-19-14-7-3-4-10(8-18)15(12)14/h1-7,9,19H. The average Bonchev–Trinajstić information content (AvgIpc) is 2.91. The van der Waals surface area contributed by atoms with Gasteiger partial charge in [-0.2, -0.15) is 5.26 Å². The maximum absolute atomic E-state index is 12.7. The van der Waals surface area contributed by atoms with Crippen LogP contribution in [0.2, 0.25) is 0 Å². The number of hydrogen-bond acceptors (Lipinski definition) is 2. The van der Waals surface area contributed by atoms with Gasteiger partial charge in [-0.15, -0.1) is 0 Å². The lowest BCUT2D eigenvalue weighted by atomic mass is 10.00. The molecule has 0 bridgehead atoms. The SMILES string of the molecule is N#Cc1cccc2[nH]cc(C(=O)c3ccccc3Br)c12. The number of ketones is 1. The fourth-order valence-electron chi connectivity index (χ4n) is 2.25. The van der Waals surface area contributed by atoms with Crippen molar-refractivity contribution >= 4 is 32.6 Å². The molecule has 0 radical (unpaired) electrons. The minimum absolute atomic E-state index is 0.105. The Balaban J connectivity index is 2.24. The number of aromatic amines is 1. The van der Waals surface area contributed by atoms with Crippen molar-refractivity contribution in [1.82, 2.24) is 4.98 Å². The molecule has 0 aliphatic rings. The van der Waals surface area contributed by atoms with Crippen LogP contribution in [0.25, 0.3) is 10.9 Å². The molecule has 0 saturated heterocycles. The maximum atomic E-state index is 12.7.